The van der Waals surface area contributed by atoms with Gasteiger partial charge in [-0.3, -0.25) is 4.79 Å². The van der Waals surface area contributed by atoms with Gasteiger partial charge in [0.2, 0.25) is 5.91 Å². The molecule has 0 aromatic heterocycles. The van der Waals surface area contributed by atoms with Gasteiger partial charge in [0.05, 0.1) is 17.2 Å². The molecule has 1 aliphatic heterocycles. The standard InChI is InChI=1S/C14H17N3O/c1-14(2)13(18)17(8-7-16-14)10-12-5-3-11(9-15)4-6-12/h3-6,16H,7-8,10H2,1-2H3. The number of carbonyl (C=O) groups excluding carboxylic acids is 1. The van der Waals surface area contributed by atoms with Crippen LogP contribution in [0.15, 0.2) is 24.3 Å². The summed E-state index contributed by atoms with van der Waals surface area (Å²) in [6.45, 7) is 5.95. The van der Waals surface area contributed by atoms with Gasteiger partial charge < -0.3 is 10.2 Å². The Balaban J connectivity index is 2.09. The molecule has 4 heteroatoms. The van der Waals surface area contributed by atoms with E-state index in [-0.39, 0.29) is 5.91 Å². The second-order valence-corrected chi connectivity index (χ2v) is 5.09. The number of hydrogen-bond donors (Lipinski definition) is 1. The van der Waals surface area contributed by atoms with Gasteiger partial charge in [-0.25, -0.2) is 0 Å². The smallest absolute Gasteiger partial charge is 0.242 e. The van der Waals surface area contributed by atoms with Crippen molar-refractivity contribution in [2.24, 2.45) is 0 Å². The number of hydrogen-bond acceptors (Lipinski definition) is 3. The third kappa shape index (κ3) is 2.52. The van der Waals surface area contributed by atoms with Gasteiger partial charge >= 0.3 is 0 Å². The van der Waals surface area contributed by atoms with E-state index in [4.69, 9.17) is 5.26 Å². The van der Waals surface area contributed by atoms with Crippen molar-refractivity contribution in [2.75, 3.05) is 13.1 Å². The maximum absolute atomic E-state index is 12.2. The maximum Gasteiger partial charge on any atom is 0.242 e. The first-order valence-electron chi connectivity index (χ1n) is 6.06. The molecule has 1 aromatic rings. The Kier molecular flexibility index (Phi) is 3.35. The van der Waals surface area contributed by atoms with Crippen LogP contribution in [0.2, 0.25) is 0 Å². The van der Waals surface area contributed by atoms with Crippen LogP contribution in [0.25, 0.3) is 0 Å². The summed E-state index contributed by atoms with van der Waals surface area (Å²) in [5.41, 5.74) is 1.22. The molecule has 18 heavy (non-hydrogen) atoms. The van der Waals surface area contributed by atoms with E-state index in [1.165, 1.54) is 0 Å². The first kappa shape index (κ1) is 12.6. The highest BCUT2D eigenvalue weighted by Gasteiger charge is 2.34. The quantitative estimate of drug-likeness (QED) is 0.851. The number of nitriles is 1. The molecule has 0 bridgehead atoms. The molecule has 94 valence electrons. The summed E-state index contributed by atoms with van der Waals surface area (Å²) in [5.74, 6) is 0.123. The Morgan fingerprint density at radius 2 is 2.06 bits per heavy atom. The average molecular weight is 243 g/mol. The second kappa shape index (κ2) is 4.79. The molecule has 0 radical (unpaired) electrons. The second-order valence-electron chi connectivity index (χ2n) is 5.09. The molecule has 0 saturated carbocycles. The third-order valence-electron chi connectivity index (χ3n) is 3.23. The fraction of sp³-hybridized carbons (Fsp3) is 0.429. The van der Waals surface area contributed by atoms with Gasteiger partial charge in [0, 0.05) is 19.6 Å². The highest BCUT2D eigenvalue weighted by Crippen LogP contribution is 2.15. The lowest BCUT2D eigenvalue weighted by atomic mass is 10.00. The molecular weight excluding hydrogens is 226 g/mol. The van der Waals surface area contributed by atoms with Crippen LogP contribution in [-0.2, 0) is 11.3 Å². The van der Waals surface area contributed by atoms with Gasteiger partial charge in [-0.05, 0) is 31.5 Å². The van der Waals surface area contributed by atoms with E-state index < -0.39 is 5.54 Å². The fourth-order valence-electron chi connectivity index (χ4n) is 2.13. The minimum absolute atomic E-state index is 0.123. The van der Waals surface area contributed by atoms with E-state index in [1.54, 1.807) is 12.1 Å². The summed E-state index contributed by atoms with van der Waals surface area (Å²) in [5, 5.41) is 11.9. The average Bonchev–Trinajstić information content (AvgIpc) is 2.36. The molecule has 0 atom stereocenters. The van der Waals surface area contributed by atoms with Crippen molar-refractivity contribution in [1.82, 2.24) is 10.2 Å². The summed E-state index contributed by atoms with van der Waals surface area (Å²) >= 11 is 0. The number of benzene rings is 1. The van der Waals surface area contributed by atoms with Crippen LogP contribution in [0.5, 0.6) is 0 Å². The lowest BCUT2D eigenvalue weighted by molar-refractivity contribution is -0.140. The first-order chi connectivity index (χ1) is 8.53. The minimum Gasteiger partial charge on any atom is -0.336 e. The van der Waals surface area contributed by atoms with Gasteiger partial charge in [-0.15, -0.1) is 0 Å². The predicted molar refractivity (Wildman–Crippen MR) is 68.7 cm³/mol. The van der Waals surface area contributed by atoms with Crippen LogP contribution in [0.3, 0.4) is 0 Å². The van der Waals surface area contributed by atoms with Crippen LogP contribution < -0.4 is 5.32 Å². The maximum atomic E-state index is 12.2. The lowest BCUT2D eigenvalue weighted by Gasteiger charge is -2.38. The largest absolute Gasteiger partial charge is 0.336 e. The third-order valence-corrected chi connectivity index (χ3v) is 3.23. The zero-order chi connectivity index (χ0) is 13.2. The Bertz CT molecular complexity index is 485. The first-order valence-corrected chi connectivity index (χ1v) is 6.06. The zero-order valence-electron chi connectivity index (χ0n) is 10.7. The number of nitrogens with one attached hydrogen (secondary N) is 1. The molecule has 0 aliphatic carbocycles. The Morgan fingerprint density at radius 3 is 2.67 bits per heavy atom. The van der Waals surface area contributed by atoms with Gasteiger partial charge in [0.25, 0.3) is 0 Å². The molecule has 1 fully saturated rings. The van der Waals surface area contributed by atoms with Gasteiger partial charge in [-0.2, -0.15) is 5.26 Å². The Morgan fingerprint density at radius 1 is 1.39 bits per heavy atom. The van der Waals surface area contributed by atoms with Crippen molar-refractivity contribution in [1.29, 1.82) is 5.26 Å². The molecule has 1 N–H and O–H groups in total. The Labute approximate surface area is 107 Å². The number of nitrogens with zero attached hydrogens (tertiary/aromatic N) is 2. The highest BCUT2D eigenvalue weighted by atomic mass is 16.2. The van der Waals surface area contributed by atoms with Crippen LogP contribution in [0.4, 0.5) is 0 Å². The molecule has 1 heterocycles. The lowest BCUT2D eigenvalue weighted by Crippen LogP contribution is -2.60. The van der Waals surface area contributed by atoms with E-state index >= 15 is 0 Å². The van der Waals surface area contributed by atoms with Crippen LogP contribution in [0, 0.1) is 11.3 Å². The SMILES string of the molecule is CC1(C)NCCN(Cc2ccc(C#N)cc2)C1=O. The van der Waals surface area contributed by atoms with Crippen LogP contribution >= 0.6 is 0 Å². The molecule has 1 aromatic carbocycles. The summed E-state index contributed by atoms with van der Waals surface area (Å²) in [6, 6.07) is 9.47. The van der Waals surface area contributed by atoms with Gasteiger partial charge in [0.15, 0.2) is 0 Å². The van der Waals surface area contributed by atoms with Crippen molar-refractivity contribution in [3.63, 3.8) is 0 Å². The van der Waals surface area contributed by atoms with E-state index in [0.717, 1.165) is 18.7 Å². The van der Waals surface area contributed by atoms with Gasteiger partial charge in [0.1, 0.15) is 0 Å². The molecule has 0 unspecified atom stereocenters. The van der Waals surface area contributed by atoms with Crippen molar-refractivity contribution in [3.8, 4) is 6.07 Å². The van der Waals surface area contributed by atoms with E-state index in [2.05, 4.69) is 11.4 Å². The molecule has 1 aliphatic rings. The molecule has 0 spiro atoms. The molecule has 1 amide bonds. The number of rotatable bonds is 2. The van der Waals surface area contributed by atoms with Crippen molar-refractivity contribution >= 4 is 5.91 Å². The van der Waals surface area contributed by atoms with Crippen molar-refractivity contribution < 1.29 is 4.79 Å². The zero-order valence-corrected chi connectivity index (χ0v) is 10.7. The highest BCUT2D eigenvalue weighted by molar-refractivity contribution is 5.86. The summed E-state index contributed by atoms with van der Waals surface area (Å²) in [6.07, 6.45) is 0. The van der Waals surface area contributed by atoms with Crippen LogP contribution in [0.1, 0.15) is 25.0 Å². The molecular formula is C14H17N3O. The molecule has 1 saturated heterocycles. The van der Waals surface area contributed by atoms with E-state index in [9.17, 15) is 4.79 Å². The van der Waals surface area contributed by atoms with Gasteiger partial charge in [-0.1, -0.05) is 12.1 Å². The fourth-order valence-corrected chi connectivity index (χ4v) is 2.13. The van der Waals surface area contributed by atoms with Crippen molar-refractivity contribution in [2.45, 2.75) is 25.9 Å². The summed E-state index contributed by atoms with van der Waals surface area (Å²) in [4.78, 5) is 14.0. The minimum atomic E-state index is -0.481. The number of amides is 1. The topological polar surface area (TPSA) is 56.1 Å². The summed E-state index contributed by atoms with van der Waals surface area (Å²) in [7, 11) is 0. The van der Waals surface area contributed by atoms with E-state index in [0.29, 0.717) is 12.1 Å². The normalized spacial score (nSPS) is 18.5. The van der Waals surface area contributed by atoms with Crippen LogP contribution in [-0.4, -0.2) is 29.4 Å². The van der Waals surface area contributed by atoms with E-state index in [1.807, 2.05) is 30.9 Å². The summed E-state index contributed by atoms with van der Waals surface area (Å²) < 4.78 is 0. The predicted octanol–water partition coefficient (Wildman–Crippen LogP) is 1.27. The monoisotopic (exact) mass is 243 g/mol. The molecule has 2 rings (SSSR count). The number of carbonyl (C=O) groups is 1. The molecule has 4 nitrogen and oxygen atoms in total. The number of piperazine rings is 1. The Hall–Kier alpha value is -1.86. The van der Waals surface area contributed by atoms with Crippen molar-refractivity contribution in [3.05, 3.63) is 35.4 Å².